The van der Waals surface area contributed by atoms with Crippen molar-refractivity contribution in [2.45, 2.75) is 0 Å². The van der Waals surface area contributed by atoms with Crippen LogP contribution in [0.15, 0.2) is 59.0 Å². The van der Waals surface area contributed by atoms with Gasteiger partial charge in [-0.15, -0.1) is 10.2 Å². The summed E-state index contributed by atoms with van der Waals surface area (Å²) >= 11 is 0. The Morgan fingerprint density at radius 1 is 1.09 bits per heavy atom. The fourth-order valence-electron chi connectivity index (χ4n) is 1.99. The average molecular weight is 311 g/mol. The summed E-state index contributed by atoms with van der Waals surface area (Å²) in [5, 5.41) is 18.3. The highest BCUT2D eigenvalue weighted by atomic mass is 19.1. The van der Waals surface area contributed by atoms with Gasteiger partial charge in [0.15, 0.2) is 5.83 Å². The van der Waals surface area contributed by atoms with Crippen LogP contribution in [0, 0.1) is 10.1 Å². The zero-order valence-corrected chi connectivity index (χ0v) is 11.7. The van der Waals surface area contributed by atoms with Crippen LogP contribution in [0.2, 0.25) is 0 Å². The van der Waals surface area contributed by atoms with Crippen molar-refractivity contribution >= 4 is 17.6 Å². The Morgan fingerprint density at radius 2 is 1.78 bits per heavy atom. The van der Waals surface area contributed by atoms with Gasteiger partial charge in [-0.3, -0.25) is 10.1 Å². The van der Waals surface area contributed by atoms with E-state index in [-0.39, 0.29) is 23.0 Å². The van der Waals surface area contributed by atoms with E-state index in [1.807, 2.05) is 6.07 Å². The molecule has 0 amide bonds. The Hall–Kier alpha value is -3.35. The van der Waals surface area contributed by atoms with Crippen LogP contribution in [0.1, 0.15) is 11.5 Å². The first-order valence-corrected chi connectivity index (χ1v) is 6.65. The summed E-state index contributed by atoms with van der Waals surface area (Å²) in [6.07, 6.45) is 1.00. The van der Waals surface area contributed by atoms with Crippen molar-refractivity contribution < 1.29 is 13.7 Å². The lowest BCUT2D eigenvalue weighted by molar-refractivity contribution is -0.385. The lowest BCUT2D eigenvalue weighted by Crippen LogP contribution is -1.91. The van der Waals surface area contributed by atoms with Gasteiger partial charge in [-0.1, -0.05) is 30.3 Å². The fraction of sp³-hybridized carbons (Fsp3) is 0. The van der Waals surface area contributed by atoms with E-state index in [0.29, 0.717) is 5.56 Å². The van der Waals surface area contributed by atoms with Gasteiger partial charge in [0.1, 0.15) is 0 Å². The van der Waals surface area contributed by atoms with Crippen LogP contribution in [-0.4, -0.2) is 15.1 Å². The number of para-hydroxylation sites is 1. The highest BCUT2D eigenvalue weighted by molar-refractivity contribution is 5.77. The molecule has 2 aromatic carbocycles. The molecule has 0 fully saturated rings. The van der Waals surface area contributed by atoms with E-state index in [1.54, 1.807) is 30.3 Å². The molecule has 0 N–H and O–H groups in total. The van der Waals surface area contributed by atoms with E-state index in [2.05, 4.69) is 10.2 Å². The van der Waals surface area contributed by atoms with Crippen LogP contribution in [-0.2, 0) is 0 Å². The molecule has 0 aliphatic rings. The SMILES string of the molecule is O=[N+]([O-])c1ccccc1/C=C(\F)c1nnc(-c2ccccc2)o1. The Labute approximate surface area is 130 Å². The van der Waals surface area contributed by atoms with E-state index >= 15 is 0 Å². The van der Waals surface area contributed by atoms with Crippen LogP contribution in [0.5, 0.6) is 0 Å². The molecule has 0 atom stereocenters. The molecule has 0 saturated carbocycles. The molecule has 23 heavy (non-hydrogen) atoms. The van der Waals surface area contributed by atoms with Crippen molar-refractivity contribution in [3.05, 3.63) is 76.2 Å². The van der Waals surface area contributed by atoms with Crippen molar-refractivity contribution in [2.24, 2.45) is 0 Å². The number of nitro groups is 1. The Kier molecular flexibility index (Phi) is 3.92. The van der Waals surface area contributed by atoms with Crippen LogP contribution < -0.4 is 0 Å². The Bertz CT molecular complexity index is 875. The smallest absolute Gasteiger partial charge is 0.276 e. The molecule has 0 aliphatic carbocycles. The van der Waals surface area contributed by atoms with Crippen LogP contribution in [0.4, 0.5) is 10.1 Å². The molecule has 0 unspecified atom stereocenters. The zero-order valence-electron chi connectivity index (χ0n) is 11.7. The molecule has 0 bridgehead atoms. The van der Waals surface area contributed by atoms with Gasteiger partial charge in [0.25, 0.3) is 11.6 Å². The van der Waals surface area contributed by atoms with Gasteiger partial charge in [-0.05, 0) is 24.3 Å². The average Bonchev–Trinajstić information content (AvgIpc) is 3.06. The summed E-state index contributed by atoms with van der Waals surface area (Å²) < 4.78 is 19.5. The zero-order chi connectivity index (χ0) is 16.2. The molecule has 7 heteroatoms. The van der Waals surface area contributed by atoms with E-state index in [9.17, 15) is 14.5 Å². The molecule has 1 aromatic heterocycles. The first-order chi connectivity index (χ1) is 11.1. The number of hydrogen-bond acceptors (Lipinski definition) is 5. The third-order valence-electron chi connectivity index (χ3n) is 3.07. The van der Waals surface area contributed by atoms with Crippen molar-refractivity contribution in [1.82, 2.24) is 10.2 Å². The van der Waals surface area contributed by atoms with Gasteiger partial charge in [-0.25, -0.2) is 4.39 Å². The monoisotopic (exact) mass is 311 g/mol. The van der Waals surface area contributed by atoms with Crippen LogP contribution in [0.3, 0.4) is 0 Å². The summed E-state index contributed by atoms with van der Waals surface area (Å²) in [7, 11) is 0. The molecule has 1 heterocycles. The number of halogens is 1. The number of rotatable bonds is 4. The predicted molar refractivity (Wildman–Crippen MR) is 81.8 cm³/mol. The first kappa shape index (κ1) is 14.6. The lowest BCUT2D eigenvalue weighted by Gasteiger charge is -1.97. The molecule has 0 radical (unpaired) electrons. The van der Waals surface area contributed by atoms with Crippen molar-refractivity contribution in [3.8, 4) is 11.5 Å². The summed E-state index contributed by atoms with van der Waals surface area (Å²) in [6.45, 7) is 0. The van der Waals surface area contributed by atoms with Gasteiger partial charge in [0.05, 0.1) is 10.5 Å². The van der Waals surface area contributed by atoms with Crippen molar-refractivity contribution in [3.63, 3.8) is 0 Å². The molecule has 3 rings (SSSR count). The minimum Gasteiger partial charge on any atom is -0.414 e. The molecule has 0 aliphatic heterocycles. The first-order valence-electron chi connectivity index (χ1n) is 6.65. The summed E-state index contributed by atoms with van der Waals surface area (Å²) in [6, 6.07) is 14.7. The fourth-order valence-corrected chi connectivity index (χ4v) is 1.99. The summed E-state index contributed by atoms with van der Waals surface area (Å²) in [4.78, 5) is 10.4. The largest absolute Gasteiger partial charge is 0.414 e. The lowest BCUT2D eigenvalue weighted by atomic mass is 10.1. The molecule has 3 aromatic rings. The number of nitrogens with zero attached hydrogens (tertiary/aromatic N) is 3. The summed E-state index contributed by atoms with van der Waals surface area (Å²) in [5.74, 6) is -0.998. The maximum absolute atomic E-state index is 14.2. The summed E-state index contributed by atoms with van der Waals surface area (Å²) in [5.41, 5.74) is 0.574. The van der Waals surface area contributed by atoms with Gasteiger partial charge in [0.2, 0.25) is 5.89 Å². The molecule has 114 valence electrons. The second kappa shape index (κ2) is 6.18. The van der Waals surface area contributed by atoms with Gasteiger partial charge < -0.3 is 4.42 Å². The highest BCUT2D eigenvalue weighted by Gasteiger charge is 2.16. The van der Waals surface area contributed by atoms with E-state index < -0.39 is 10.8 Å². The van der Waals surface area contributed by atoms with Gasteiger partial charge in [0, 0.05) is 11.6 Å². The molecule has 0 spiro atoms. The van der Waals surface area contributed by atoms with Gasteiger partial charge in [-0.2, -0.15) is 0 Å². The Morgan fingerprint density at radius 3 is 2.52 bits per heavy atom. The maximum atomic E-state index is 14.2. The highest BCUT2D eigenvalue weighted by Crippen LogP contribution is 2.26. The minimum absolute atomic E-state index is 0.120. The van der Waals surface area contributed by atoms with E-state index in [1.165, 1.54) is 18.2 Å². The second-order valence-electron chi connectivity index (χ2n) is 4.59. The normalized spacial score (nSPS) is 11.4. The number of aromatic nitrogens is 2. The van der Waals surface area contributed by atoms with E-state index in [4.69, 9.17) is 4.42 Å². The topological polar surface area (TPSA) is 82.1 Å². The third kappa shape index (κ3) is 3.13. The third-order valence-corrected chi connectivity index (χ3v) is 3.07. The van der Waals surface area contributed by atoms with Gasteiger partial charge >= 0.3 is 0 Å². The van der Waals surface area contributed by atoms with Crippen LogP contribution in [0.25, 0.3) is 23.4 Å². The quantitative estimate of drug-likeness (QED) is 0.535. The molecular weight excluding hydrogens is 301 g/mol. The van der Waals surface area contributed by atoms with E-state index in [0.717, 1.165) is 6.08 Å². The number of benzene rings is 2. The number of nitro benzene ring substituents is 1. The minimum atomic E-state index is -0.839. The maximum Gasteiger partial charge on any atom is 0.276 e. The van der Waals surface area contributed by atoms with Crippen molar-refractivity contribution in [2.75, 3.05) is 0 Å². The van der Waals surface area contributed by atoms with Crippen molar-refractivity contribution in [1.29, 1.82) is 0 Å². The Balaban J connectivity index is 1.94. The standard InChI is InChI=1S/C16H10FN3O3/c17-13(10-12-8-4-5-9-14(12)20(21)22)16-19-18-15(23-16)11-6-2-1-3-7-11/h1-10H/b13-10-. The number of hydrogen-bond donors (Lipinski definition) is 0. The second-order valence-corrected chi connectivity index (χ2v) is 4.59. The van der Waals surface area contributed by atoms with Crippen LogP contribution >= 0.6 is 0 Å². The molecular formula is C16H10FN3O3. The predicted octanol–water partition coefficient (Wildman–Crippen LogP) is 4.11. The molecule has 6 nitrogen and oxygen atoms in total. The molecule has 0 saturated heterocycles.